The molecule has 80 valence electrons. The highest BCUT2D eigenvalue weighted by Gasteiger charge is 2.23. The summed E-state index contributed by atoms with van der Waals surface area (Å²) in [4.78, 5) is 11.6. The Morgan fingerprint density at radius 1 is 1.25 bits per heavy atom. The number of ether oxygens (including phenoxy) is 2. The molecule has 0 unspecified atom stereocenters. The van der Waals surface area contributed by atoms with Crippen LogP contribution in [0.4, 0.5) is 0 Å². The summed E-state index contributed by atoms with van der Waals surface area (Å²) in [5, 5.41) is 1.93. The summed E-state index contributed by atoms with van der Waals surface area (Å²) in [6.07, 6.45) is 0. The Bertz CT molecular complexity index is 587. The summed E-state index contributed by atoms with van der Waals surface area (Å²) in [5.74, 6) is 0.560. The van der Waals surface area contributed by atoms with E-state index < -0.39 is 0 Å². The van der Waals surface area contributed by atoms with Crippen LogP contribution in [0.1, 0.15) is 15.9 Å². The average molecular weight is 214 g/mol. The van der Waals surface area contributed by atoms with Crippen molar-refractivity contribution in [2.45, 2.75) is 6.61 Å². The standard InChI is InChI=1S/C13H10O3/c1-15-10-4-5-11-8(6-10)2-3-9-7-16-13(14)12(9)11/h2-6H,7H2,1H3. The fourth-order valence-corrected chi connectivity index (χ4v) is 2.06. The Hall–Kier alpha value is -2.03. The molecule has 2 aromatic carbocycles. The number of carbonyl (C=O) groups excluding carboxylic acids is 1. The molecule has 3 heteroatoms. The lowest BCUT2D eigenvalue weighted by Gasteiger charge is -2.04. The van der Waals surface area contributed by atoms with E-state index in [1.807, 2.05) is 30.3 Å². The summed E-state index contributed by atoms with van der Waals surface area (Å²) < 4.78 is 10.2. The topological polar surface area (TPSA) is 35.5 Å². The molecule has 1 aliphatic rings. The van der Waals surface area contributed by atoms with Crippen LogP contribution in [0.25, 0.3) is 10.8 Å². The zero-order chi connectivity index (χ0) is 11.1. The van der Waals surface area contributed by atoms with Gasteiger partial charge in [-0.2, -0.15) is 0 Å². The summed E-state index contributed by atoms with van der Waals surface area (Å²) in [6.45, 7) is 0.385. The molecule has 0 saturated heterocycles. The Morgan fingerprint density at radius 2 is 2.12 bits per heavy atom. The zero-order valence-electron chi connectivity index (χ0n) is 8.82. The van der Waals surface area contributed by atoms with Gasteiger partial charge in [-0.15, -0.1) is 0 Å². The molecule has 0 spiro atoms. The van der Waals surface area contributed by atoms with Crippen LogP contribution in [0.2, 0.25) is 0 Å². The van der Waals surface area contributed by atoms with Gasteiger partial charge in [0, 0.05) is 5.56 Å². The molecule has 0 aromatic heterocycles. The molecular weight excluding hydrogens is 204 g/mol. The normalized spacial score (nSPS) is 13.7. The first-order chi connectivity index (χ1) is 7.79. The molecule has 0 radical (unpaired) electrons. The van der Waals surface area contributed by atoms with Crippen LogP contribution in [-0.4, -0.2) is 13.1 Å². The molecule has 16 heavy (non-hydrogen) atoms. The van der Waals surface area contributed by atoms with Gasteiger partial charge in [-0.05, 0) is 29.0 Å². The molecule has 0 fully saturated rings. The lowest BCUT2D eigenvalue weighted by molar-refractivity contribution is 0.0536. The Labute approximate surface area is 92.6 Å². The molecule has 0 amide bonds. The summed E-state index contributed by atoms with van der Waals surface area (Å²) in [6, 6.07) is 9.59. The summed E-state index contributed by atoms with van der Waals surface area (Å²) in [7, 11) is 1.63. The lowest BCUT2D eigenvalue weighted by atomic mass is 10.0. The van der Waals surface area contributed by atoms with Crippen LogP contribution in [-0.2, 0) is 11.3 Å². The quantitative estimate of drug-likeness (QED) is 0.684. The third kappa shape index (κ3) is 1.18. The molecule has 0 aliphatic carbocycles. The van der Waals surface area contributed by atoms with E-state index in [0.29, 0.717) is 12.2 Å². The van der Waals surface area contributed by atoms with Crippen LogP contribution in [0, 0.1) is 0 Å². The van der Waals surface area contributed by atoms with Crippen molar-refractivity contribution in [2.75, 3.05) is 7.11 Å². The van der Waals surface area contributed by atoms with Gasteiger partial charge >= 0.3 is 5.97 Å². The predicted molar refractivity (Wildman–Crippen MR) is 59.6 cm³/mol. The highest BCUT2D eigenvalue weighted by atomic mass is 16.5. The highest BCUT2D eigenvalue weighted by Crippen LogP contribution is 2.30. The van der Waals surface area contributed by atoms with E-state index >= 15 is 0 Å². The minimum Gasteiger partial charge on any atom is -0.497 e. The van der Waals surface area contributed by atoms with Crippen molar-refractivity contribution in [3.05, 3.63) is 41.5 Å². The van der Waals surface area contributed by atoms with Crippen molar-refractivity contribution in [3.8, 4) is 5.75 Å². The molecule has 0 saturated carbocycles. The number of benzene rings is 2. The summed E-state index contributed by atoms with van der Waals surface area (Å²) >= 11 is 0. The maximum Gasteiger partial charge on any atom is 0.339 e. The minimum absolute atomic E-state index is 0.231. The first kappa shape index (κ1) is 9.21. The second kappa shape index (κ2) is 3.23. The number of cyclic esters (lactones) is 1. The van der Waals surface area contributed by atoms with Gasteiger partial charge in [-0.3, -0.25) is 0 Å². The van der Waals surface area contributed by atoms with E-state index in [1.165, 1.54) is 0 Å². The molecule has 2 aromatic rings. The number of hydrogen-bond acceptors (Lipinski definition) is 3. The van der Waals surface area contributed by atoms with Gasteiger partial charge in [0.05, 0.1) is 12.7 Å². The van der Waals surface area contributed by atoms with Crippen LogP contribution < -0.4 is 4.74 Å². The van der Waals surface area contributed by atoms with Crippen molar-refractivity contribution in [2.24, 2.45) is 0 Å². The maximum absolute atomic E-state index is 11.6. The van der Waals surface area contributed by atoms with E-state index in [9.17, 15) is 4.79 Å². The molecule has 3 nitrogen and oxygen atoms in total. The van der Waals surface area contributed by atoms with E-state index in [1.54, 1.807) is 7.11 Å². The molecule has 3 rings (SSSR count). The number of carbonyl (C=O) groups is 1. The molecule has 0 bridgehead atoms. The van der Waals surface area contributed by atoms with Crippen molar-refractivity contribution in [1.82, 2.24) is 0 Å². The molecule has 0 atom stereocenters. The summed E-state index contributed by atoms with van der Waals surface area (Å²) in [5.41, 5.74) is 1.66. The fourth-order valence-electron chi connectivity index (χ4n) is 2.06. The number of esters is 1. The van der Waals surface area contributed by atoms with Crippen LogP contribution >= 0.6 is 0 Å². The van der Waals surface area contributed by atoms with E-state index in [-0.39, 0.29) is 5.97 Å². The third-order valence-electron chi connectivity index (χ3n) is 2.88. The van der Waals surface area contributed by atoms with Crippen molar-refractivity contribution >= 4 is 16.7 Å². The third-order valence-corrected chi connectivity index (χ3v) is 2.88. The van der Waals surface area contributed by atoms with Gasteiger partial charge < -0.3 is 9.47 Å². The van der Waals surface area contributed by atoms with Crippen LogP contribution in [0.15, 0.2) is 30.3 Å². The number of hydrogen-bond donors (Lipinski definition) is 0. The second-order valence-corrected chi connectivity index (χ2v) is 3.76. The Balaban J connectivity index is 2.33. The smallest absolute Gasteiger partial charge is 0.339 e. The first-order valence-corrected chi connectivity index (χ1v) is 5.06. The molecule has 1 heterocycles. The average Bonchev–Trinajstić information content (AvgIpc) is 2.70. The van der Waals surface area contributed by atoms with Gasteiger partial charge in [-0.25, -0.2) is 4.79 Å². The number of rotatable bonds is 1. The van der Waals surface area contributed by atoms with Crippen molar-refractivity contribution < 1.29 is 14.3 Å². The second-order valence-electron chi connectivity index (χ2n) is 3.76. The van der Waals surface area contributed by atoms with E-state index in [4.69, 9.17) is 9.47 Å². The van der Waals surface area contributed by atoms with Gasteiger partial charge in [0.25, 0.3) is 0 Å². The van der Waals surface area contributed by atoms with Crippen molar-refractivity contribution in [1.29, 1.82) is 0 Å². The molecule has 0 N–H and O–H groups in total. The minimum atomic E-state index is -0.231. The van der Waals surface area contributed by atoms with E-state index in [0.717, 1.165) is 22.1 Å². The van der Waals surface area contributed by atoms with Gasteiger partial charge in [0.1, 0.15) is 12.4 Å². The SMILES string of the molecule is COc1ccc2c3c(ccc2c1)COC3=O. The predicted octanol–water partition coefficient (Wildman–Crippen LogP) is 2.52. The zero-order valence-corrected chi connectivity index (χ0v) is 8.82. The van der Waals surface area contributed by atoms with Gasteiger partial charge in [-0.1, -0.05) is 12.1 Å². The maximum atomic E-state index is 11.6. The molecule has 1 aliphatic heterocycles. The largest absolute Gasteiger partial charge is 0.497 e. The first-order valence-electron chi connectivity index (χ1n) is 5.06. The van der Waals surface area contributed by atoms with Crippen LogP contribution in [0.5, 0.6) is 5.75 Å². The molecular formula is C13H10O3. The van der Waals surface area contributed by atoms with Crippen molar-refractivity contribution in [3.63, 3.8) is 0 Å². The van der Waals surface area contributed by atoms with E-state index in [2.05, 4.69) is 0 Å². The Kier molecular flexibility index (Phi) is 1.86. The number of methoxy groups -OCH3 is 1. The lowest BCUT2D eigenvalue weighted by Crippen LogP contribution is -1.95. The monoisotopic (exact) mass is 214 g/mol. The fraction of sp³-hybridized carbons (Fsp3) is 0.154. The van der Waals surface area contributed by atoms with Crippen LogP contribution in [0.3, 0.4) is 0 Å². The highest BCUT2D eigenvalue weighted by molar-refractivity contribution is 6.07. The number of fused-ring (bicyclic) bond motifs is 3. The van der Waals surface area contributed by atoms with Gasteiger partial charge in [0.15, 0.2) is 0 Å². The van der Waals surface area contributed by atoms with Gasteiger partial charge in [0.2, 0.25) is 0 Å². The Morgan fingerprint density at radius 3 is 2.94 bits per heavy atom.